The molecule has 26 heavy (non-hydrogen) atoms. The molecular formula is C19H16N2O5. The standard InChI is InChI=1S/C19H16N2O5/c1-3-24-19(23)15-10(2)26-18(21)12(8-20)16(15)13-9-25-14-7-5-4-6-11(14)17(13)22/h4-7,9,16H,3,21H2,1-2H3. The van der Waals surface area contributed by atoms with Crippen LogP contribution in [0.1, 0.15) is 25.3 Å². The molecule has 0 amide bonds. The van der Waals surface area contributed by atoms with Crippen molar-refractivity contribution in [3.63, 3.8) is 0 Å². The van der Waals surface area contributed by atoms with E-state index >= 15 is 0 Å². The number of nitriles is 1. The molecule has 7 nitrogen and oxygen atoms in total. The lowest BCUT2D eigenvalue weighted by Gasteiger charge is -2.26. The highest BCUT2D eigenvalue weighted by atomic mass is 16.5. The van der Waals surface area contributed by atoms with Crippen molar-refractivity contribution in [2.75, 3.05) is 6.61 Å². The van der Waals surface area contributed by atoms with Gasteiger partial charge in [0.15, 0.2) is 5.43 Å². The lowest BCUT2D eigenvalue weighted by molar-refractivity contribution is -0.139. The maximum Gasteiger partial charge on any atom is 0.338 e. The summed E-state index contributed by atoms with van der Waals surface area (Å²) < 4.78 is 15.9. The Morgan fingerprint density at radius 3 is 2.81 bits per heavy atom. The summed E-state index contributed by atoms with van der Waals surface area (Å²) in [6, 6.07) is 8.65. The summed E-state index contributed by atoms with van der Waals surface area (Å²) in [7, 11) is 0. The van der Waals surface area contributed by atoms with Gasteiger partial charge in [0.05, 0.1) is 29.7 Å². The van der Waals surface area contributed by atoms with Crippen molar-refractivity contribution in [3.8, 4) is 6.07 Å². The summed E-state index contributed by atoms with van der Waals surface area (Å²) in [6.07, 6.45) is 1.25. The summed E-state index contributed by atoms with van der Waals surface area (Å²) in [5.41, 5.74) is 6.01. The molecule has 0 saturated heterocycles. The fourth-order valence-electron chi connectivity index (χ4n) is 2.96. The van der Waals surface area contributed by atoms with Gasteiger partial charge in [0.1, 0.15) is 23.0 Å². The third kappa shape index (κ3) is 2.71. The highest BCUT2D eigenvalue weighted by Crippen LogP contribution is 2.38. The molecule has 132 valence electrons. The van der Waals surface area contributed by atoms with Gasteiger partial charge in [-0.15, -0.1) is 0 Å². The van der Waals surface area contributed by atoms with Gasteiger partial charge in [-0.2, -0.15) is 5.26 Å². The van der Waals surface area contributed by atoms with Crippen LogP contribution in [-0.4, -0.2) is 12.6 Å². The minimum atomic E-state index is -1.02. The third-order valence-electron chi connectivity index (χ3n) is 4.12. The molecular weight excluding hydrogens is 336 g/mol. The molecule has 0 saturated carbocycles. The quantitative estimate of drug-likeness (QED) is 0.843. The van der Waals surface area contributed by atoms with Gasteiger partial charge >= 0.3 is 5.97 Å². The molecule has 2 N–H and O–H groups in total. The molecule has 0 spiro atoms. The van der Waals surface area contributed by atoms with Crippen LogP contribution >= 0.6 is 0 Å². The minimum Gasteiger partial charge on any atom is -0.464 e. The fraction of sp³-hybridized carbons (Fsp3) is 0.211. The van der Waals surface area contributed by atoms with Crippen molar-refractivity contribution in [2.24, 2.45) is 5.73 Å². The summed E-state index contributed by atoms with van der Waals surface area (Å²) in [6.45, 7) is 3.32. The lowest BCUT2D eigenvalue weighted by atomic mass is 9.83. The van der Waals surface area contributed by atoms with E-state index in [0.717, 1.165) is 0 Å². The molecule has 7 heteroatoms. The number of ether oxygens (including phenoxy) is 2. The van der Waals surface area contributed by atoms with Crippen LogP contribution in [0.25, 0.3) is 11.0 Å². The second-order valence-corrected chi connectivity index (χ2v) is 5.63. The van der Waals surface area contributed by atoms with Crippen LogP contribution in [-0.2, 0) is 14.3 Å². The maximum absolute atomic E-state index is 13.0. The second-order valence-electron chi connectivity index (χ2n) is 5.63. The number of nitrogens with two attached hydrogens (primary N) is 1. The number of hydrogen-bond donors (Lipinski definition) is 1. The molecule has 2 heterocycles. The van der Waals surface area contributed by atoms with Crippen LogP contribution in [0.3, 0.4) is 0 Å². The van der Waals surface area contributed by atoms with Crippen molar-refractivity contribution < 1.29 is 18.7 Å². The fourth-order valence-corrected chi connectivity index (χ4v) is 2.96. The van der Waals surface area contributed by atoms with Crippen molar-refractivity contribution in [1.82, 2.24) is 0 Å². The van der Waals surface area contributed by atoms with Crippen LogP contribution in [0, 0.1) is 11.3 Å². The van der Waals surface area contributed by atoms with E-state index in [1.54, 1.807) is 31.2 Å². The number of benzene rings is 1. The van der Waals surface area contributed by atoms with Crippen LogP contribution in [0.2, 0.25) is 0 Å². The Hall–Kier alpha value is -3.53. The number of carbonyl (C=O) groups excluding carboxylic acids is 1. The molecule has 2 aromatic rings. The SMILES string of the molecule is CCOC(=O)C1=C(C)OC(N)=C(C#N)C1c1coc2ccccc2c1=O. The topological polar surface area (TPSA) is 116 Å². The number of fused-ring (bicyclic) bond motifs is 1. The van der Waals surface area contributed by atoms with Gasteiger partial charge in [-0.3, -0.25) is 4.79 Å². The number of esters is 1. The first-order chi connectivity index (χ1) is 12.5. The molecule has 0 bridgehead atoms. The normalized spacial score (nSPS) is 17.0. The number of carbonyl (C=O) groups is 1. The van der Waals surface area contributed by atoms with Crippen molar-refractivity contribution in [3.05, 3.63) is 69.1 Å². The first-order valence-corrected chi connectivity index (χ1v) is 7.95. The Balaban J connectivity index is 2.28. The molecule has 1 aromatic carbocycles. The van der Waals surface area contributed by atoms with E-state index in [0.29, 0.717) is 11.0 Å². The third-order valence-corrected chi connectivity index (χ3v) is 4.12. The molecule has 1 atom stereocenters. The average molecular weight is 352 g/mol. The summed E-state index contributed by atoms with van der Waals surface area (Å²) in [5.74, 6) is -1.68. The van der Waals surface area contributed by atoms with Gasteiger partial charge in [-0.1, -0.05) is 12.1 Å². The number of para-hydroxylation sites is 1. The zero-order valence-corrected chi connectivity index (χ0v) is 14.2. The largest absolute Gasteiger partial charge is 0.464 e. The summed E-state index contributed by atoms with van der Waals surface area (Å²) >= 11 is 0. The minimum absolute atomic E-state index is 0.0405. The van der Waals surface area contributed by atoms with Crippen LogP contribution in [0.5, 0.6) is 0 Å². The Morgan fingerprint density at radius 2 is 2.12 bits per heavy atom. The molecule has 0 fully saturated rings. The number of nitrogens with zero attached hydrogens (tertiary/aromatic N) is 1. The van der Waals surface area contributed by atoms with E-state index in [9.17, 15) is 14.9 Å². The summed E-state index contributed by atoms with van der Waals surface area (Å²) in [5, 5.41) is 9.88. The smallest absolute Gasteiger partial charge is 0.338 e. The summed E-state index contributed by atoms with van der Waals surface area (Å²) in [4.78, 5) is 25.4. The average Bonchev–Trinajstić information content (AvgIpc) is 2.62. The van der Waals surface area contributed by atoms with Gasteiger partial charge in [-0.25, -0.2) is 4.79 Å². The van der Waals surface area contributed by atoms with Gasteiger partial charge in [-0.05, 0) is 26.0 Å². The van der Waals surface area contributed by atoms with Crippen LogP contribution in [0.4, 0.5) is 0 Å². The number of hydrogen-bond acceptors (Lipinski definition) is 7. The first-order valence-electron chi connectivity index (χ1n) is 7.95. The molecule has 3 rings (SSSR count). The Labute approximate surface area is 148 Å². The van der Waals surface area contributed by atoms with Gasteiger partial charge in [0, 0.05) is 5.56 Å². The molecule has 1 aromatic heterocycles. The maximum atomic E-state index is 13.0. The van der Waals surface area contributed by atoms with Gasteiger partial charge in [0.25, 0.3) is 0 Å². The molecule has 1 unspecified atom stereocenters. The van der Waals surface area contributed by atoms with E-state index in [1.165, 1.54) is 13.2 Å². The Kier molecular flexibility index (Phi) is 4.50. The number of allylic oxidation sites excluding steroid dienone is 2. The van der Waals surface area contributed by atoms with E-state index in [4.69, 9.17) is 19.6 Å². The molecule has 0 aliphatic carbocycles. The highest BCUT2D eigenvalue weighted by molar-refractivity contribution is 5.93. The van der Waals surface area contributed by atoms with Crippen LogP contribution in [0.15, 0.2) is 62.5 Å². The van der Waals surface area contributed by atoms with E-state index < -0.39 is 11.9 Å². The van der Waals surface area contributed by atoms with E-state index in [1.807, 2.05) is 6.07 Å². The number of rotatable bonds is 3. The van der Waals surface area contributed by atoms with Crippen molar-refractivity contribution in [1.29, 1.82) is 5.26 Å². The second kappa shape index (κ2) is 6.76. The van der Waals surface area contributed by atoms with E-state index in [-0.39, 0.29) is 40.4 Å². The van der Waals surface area contributed by atoms with E-state index in [2.05, 4.69) is 0 Å². The Bertz CT molecular complexity index is 1060. The zero-order chi connectivity index (χ0) is 18.8. The predicted molar refractivity (Wildman–Crippen MR) is 92.5 cm³/mol. The van der Waals surface area contributed by atoms with Gasteiger partial charge in [0.2, 0.25) is 5.88 Å². The Morgan fingerprint density at radius 1 is 1.38 bits per heavy atom. The molecule has 1 aliphatic rings. The van der Waals surface area contributed by atoms with Crippen LogP contribution < -0.4 is 11.2 Å². The van der Waals surface area contributed by atoms with Gasteiger partial charge < -0.3 is 19.6 Å². The highest BCUT2D eigenvalue weighted by Gasteiger charge is 2.38. The first kappa shape index (κ1) is 17.3. The molecule has 1 aliphatic heterocycles. The molecule has 0 radical (unpaired) electrons. The van der Waals surface area contributed by atoms with Crippen molar-refractivity contribution >= 4 is 16.9 Å². The predicted octanol–water partition coefficient (Wildman–Crippen LogP) is 2.44. The monoisotopic (exact) mass is 352 g/mol. The lowest BCUT2D eigenvalue weighted by Crippen LogP contribution is -2.28. The zero-order valence-electron chi connectivity index (χ0n) is 14.2. The van der Waals surface area contributed by atoms with Crippen molar-refractivity contribution in [2.45, 2.75) is 19.8 Å².